The number of hydrogen-bond acceptors (Lipinski definition) is 4. The number of methoxy groups -OCH3 is 1. The fourth-order valence-electron chi connectivity index (χ4n) is 2.58. The maximum atomic E-state index is 11.6. The quantitative estimate of drug-likeness (QED) is 0.909. The van der Waals surface area contributed by atoms with E-state index >= 15 is 0 Å². The van der Waals surface area contributed by atoms with Crippen LogP contribution in [0.1, 0.15) is 31.2 Å². The predicted octanol–water partition coefficient (Wildman–Crippen LogP) is 1.83. The van der Waals surface area contributed by atoms with Crippen molar-refractivity contribution in [2.24, 2.45) is 5.73 Å². The highest BCUT2D eigenvalue weighted by molar-refractivity contribution is 7.90. The molecule has 1 aromatic rings. The Labute approximate surface area is 108 Å². The second-order valence-electron chi connectivity index (χ2n) is 5.00. The zero-order valence-corrected chi connectivity index (χ0v) is 11.6. The van der Waals surface area contributed by atoms with E-state index in [-0.39, 0.29) is 0 Å². The molecule has 18 heavy (non-hydrogen) atoms. The molecule has 0 aliphatic heterocycles. The molecule has 2 rings (SSSR count). The first-order valence-electron chi connectivity index (χ1n) is 6.04. The minimum Gasteiger partial charge on any atom is -0.496 e. The van der Waals surface area contributed by atoms with Crippen LogP contribution >= 0.6 is 0 Å². The van der Waals surface area contributed by atoms with Crippen LogP contribution in [0.15, 0.2) is 23.1 Å². The smallest absolute Gasteiger partial charge is 0.175 e. The van der Waals surface area contributed by atoms with Crippen LogP contribution in [-0.2, 0) is 15.4 Å². The molecule has 5 heteroatoms. The molecule has 100 valence electrons. The number of benzene rings is 1. The Balaban J connectivity index is 2.56. The molecule has 0 unspecified atom stereocenters. The molecule has 1 aromatic carbocycles. The van der Waals surface area contributed by atoms with Crippen molar-refractivity contribution < 1.29 is 13.2 Å². The van der Waals surface area contributed by atoms with E-state index in [4.69, 9.17) is 10.5 Å². The van der Waals surface area contributed by atoms with Gasteiger partial charge in [0.15, 0.2) is 9.84 Å². The number of nitrogens with two attached hydrogens (primary N) is 1. The summed E-state index contributed by atoms with van der Waals surface area (Å²) in [6.45, 7) is 0. The molecule has 0 amide bonds. The van der Waals surface area contributed by atoms with Gasteiger partial charge in [-0.15, -0.1) is 0 Å². The molecule has 0 aromatic heterocycles. The third-order valence-corrected chi connectivity index (χ3v) is 4.74. The lowest BCUT2D eigenvalue weighted by Gasteiger charge is -2.26. The molecule has 0 radical (unpaired) electrons. The Bertz CT molecular complexity index is 545. The van der Waals surface area contributed by atoms with Crippen molar-refractivity contribution in [3.05, 3.63) is 23.8 Å². The van der Waals surface area contributed by atoms with Crippen molar-refractivity contribution in [1.82, 2.24) is 0 Å². The lowest BCUT2D eigenvalue weighted by molar-refractivity contribution is 0.378. The minimum atomic E-state index is -3.22. The van der Waals surface area contributed by atoms with Crippen LogP contribution in [0.3, 0.4) is 0 Å². The van der Waals surface area contributed by atoms with Crippen LogP contribution in [0.5, 0.6) is 5.75 Å². The van der Waals surface area contributed by atoms with Crippen molar-refractivity contribution in [2.75, 3.05) is 13.4 Å². The summed E-state index contributed by atoms with van der Waals surface area (Å²) in [6, 6.07) is 4.92. The van der Waals surface area contributed by atoms with Crippen LogP contribution in [0.2, 0.25) is 0 Å². The molecule has 0 atom stereocenters. The standard InChI is InChI=1S/C13H19NO3S/c1-17-12-6-5-10(18(2,15)16)9-11(12)13(14)7-3-4-8-13/h5-6,9H,3-4,7-8,14H2,1-2H3. The molecule has 0 heterocycles. The van der Waals surface area contributed by atoms with E-state index in [1.165, 1.54) is 6.26 Å². The first-order valence-corrected chi connectivity index (χ1v) is 7.93. The third kappa shape index (κ3) is 2.37. The Hall–Kier alpha value is -1.07. The predicted molar refractivity (Wildman–Crippen MR) is 70.4 cm³/mol. The molecule has 0 bridgehead atoms. The van der Waals surface area contributed by atoms with Gasteiger partial charge >= 0.3 is 0 Å². The van der Waals surface area contributed by atoms with Crippen LogP contribution in [0, 0.1) is 0 Å². The number of rotatable bonds is 3. The Morgan fingerprint density at radius 2 is 1.89 bits per heavy atom. The molecule has 4 nitrogen and oxygen atoms in total. The summed E-state index contributed by atoms with van der Waals surface area (Å²) in [7, 11) is -1.64. The number of hydrogen-bond donors (Lipinski definition) is 1. The topological polar surface area (TPSA) is 69.4 Å². The van der Waals surface area contributed by atoms with E-state index in [9.17, 15) is 8.42 Å². The lowest BCUT2D eigenvalue weighted by Crippen LogP contribution is -2.33. The van der Waals surface area contributed by atoms with Gasteiger partial charge in [-0.05, 0) is 31.0 Å². The first kappa shape index (κ1) is 13.4. The molecule has 2 N–H and O–H groups in total. The first-order chi connectivity index (χ1) is 8.37. The summed E-state index contributed by atoms with van der Waals surface area (Å²) in [4.78, 5) is 0.301. The van der Waals surface area contributed by atoms with Gasteiger partial charge in [0.05, 0.1) is 12.0 Å². The maximum absolute atomic E-state index is 11.6. The fraction of sp³-hybridized carbons (Fsp3) is 0.538. The molecular weight excluding hydrogens is 250 g/mol. The zero-order chi connectivity index (χ0) is 13.4. The van der Waals surface area contributed by atoms with Crippen LogP contribution in [0.25, 0.3) is 0 Å². The largest absolute Gasteiger partial charge is 0.496 e. The van der Waals surface area contributed by atoms with Crippen LogP contribution in [-0.4, -0.2) is 21.8 Å². The molecular formula is C13H19NO3S. The van der Waals surface area contributed by atoms with Crippen molar-refractivity contribution in [3.8, 4) is 5.75 Å². The minimum absolute atomic E-state index is 0.301. The molecule has 1 aliphatic rings. The Morgan fingerprint density at radius 1 is 1.28 bits per heavy atom. The van der Waals surface area contributed by atoms with Gasteiger partial charge in [-0.3, -0.25) is 0 Å². The normalized spacial score (nSPS) is 18.8. The molecule has 1 aliphatic carbocycles. The van der Waals surface area contributed by atoms with Crippen LogP contribution in [0.4, 0.5) is 0 Å². The van der Waals surface area contributed by atoms with E-state index in [0.29, 0.717) is 10.6 Å². The Kier molecular flexibility index (Phi) is 3.38. The van der Waals surface area contributed by atoms with E-state index in [0.717, 1.165) is 31.2 Å². The summed E-state index contributed by atoms with van der Waals surface area (Å²) < 4.78 is 28.6. The molecule has 0 saturated heterocycles. The number of ether oxygens (including phenoxy) is 1. The van der Waals surface area contributed by atoms with Gasteiger partial charge in [0.2, 0.25) is 0 Å². The second-order valence-corrected chi connectivity index (χ2v) is 7.01. The van der Waals surface area contributed by atoms with Gasteiger partial charge < -0.3 is 10.5 Å². The summed E-state index contributed by atoms with van der Waals surface area (Å²) in [5, 5.41) is 0. The van der Waals surface area contributed by atoms with Gasteiger partial charge in [-0.25, -0.2) is 8.42 Å². The van der Waals surface area contributed by atoms with Crippen LogP contribution < -0.4 is 10.5 Å². The second kappa shape index (κ2) is 4.55. The van der Waals surface area contributed by atoms with E-state index in [1.807, 2.05) is 0 Å². The van der Waals surface area contributed by atoms with Crippen molar-refractivity contribution in [1.29, 1.82) is 0 Å². The zero-order valence-electron chi connectivity index (χ0n) is 10.8. The van der Waals surface area contributed by atoms with Gasteiger partial charge in [0.1, 0.15) is 5.75 Å². The average molecular weight is 269 g/mol. The van der Waals surface area contributed by atoms with Gasteiger partial charge in [0, 0.05) is 17.4 Å². The van der Waals surface area contributed by atoms with Gasteiger partial charge in [0.25, 0.3) is 0 Å². The van der Waals surface area contributed by atoms with Gasteiger partial charge in [-0.2, -0.15) is 0 Å². The Morgan fingerprint density at radius 3 is 2.39 bits per heavy atom. The van der Waals surface area contributed by atoms with E-state index < -0.39 is 15.4 Å². The lowest BCUT2D eigenvalue weighted by atomic mass is 9.89. The SMILES string of the molecule is COc1ccc(S(C)(=O)=O)cc1C1(N)CCCC1. The average Bonchev–Trinajstić information content (AvgIpc) is 2.75. The van der Waals surface area contributed by atoms with Crippen molar-refractivity contribution in [3.63, 3.8) is 0 Å². The molecule has 0 spiro atoms. The maximum Gasteiger partial charge on any atom is 0.175 e. The van der Waals surface area contributed by atoms with Crippen molar-refractivity contribution in [2.45, 2.75) is 36.1 Å². The summed E-state index contributed by atoms with van der Waals surface area (Å²) in [5.74, 6) is 0.673. The van der Waals surface area contributed by atoms with E-state index in [1.54, 1.807) is 25.3 Å². The highest BCUT2D eigenvalue weighted by Gasteiger charge is 2.34. The highest BCUT2D eigenvalue weighted by atomic mass is 32.2. The van der Waals surface area contributed by atoms with E-state index in [2.05, 4.69) is 0 Å². The third-order valence-electron chi connectivity index (χ3n) is 3.63. The van der Waals surface area contributed by atoms with Crippen molar-refractivity contribution >= 4 is 9.84 Å². The number of sulfone groups is 1. The fourth-order valence-corrected chi connectivity index (χ4v) is 3.23. The highest BCUT2D eigenvalue weighted by Crippen LogP contribution is 2.41. The summed E-state index contributed by atoms with van der Waals surface area (Å²) in [5.41, 5.74) is 6.75. The monoisotopic (exact) mass is 269 g/mol. The van der Waals surface area contributed by atoms with Gasteiger partial charge in [-0.1, -0.05) is 12.8 Å². The summed E-state index contributed by atoms with van der Waals surface area (Å²) in [6.07, 6.45) is 5.09. The molecule has 1 saturated carbocycles. The molecule has 1 fully saturated rings. The summed E-state index contributed by atoms with van der Waals surface area (Å²) >= 11 is 0.